The van der Waals surface area contributed by atoms with E-state index in [9.17, 15) is 18.0 Å². The number of carbonyl (C=O) groups is 1. The molecular weight excluding hydrogens is 373 g/mol. The summed E-state index contributed by atoms with van der Waals surface area (Å²) in [5.41, 5.74) is 1.14. The first-order valence-corrected chi connectivity index (χ1v) is 8.98. The van der Waals surface area contributed by atoms with Gasteiger partial charge in [-0.15, -0.1) is 0 Å². The first kappa shape index (κ1) is 21.7. The molecule has 154 valence electrons. The molecule has 0 spiro atoms. The molecule has 1 amide bonds. The maximum Gasteiger partial charge on any atom is 0.471 e. The van der Waals surface area contributed by atoms with Crippen LogP contribution in [-0.2, 0) is 17.4 Å². The van der Waals surface area contributed by atoms with E-state index >= 15 is 0 Å². The summed E-state index contributed by atoms with van der Waals surface area (Å²) in [4.78, 5) is 17.9. The van der Waals surface area contributed by atoms with E-state index in [2.05, 4.69) is 20.0 Å². The molecule has 0 saturated carbocycles. The smallest absolute Gasteiger partial charge is 0.378 e. The van der Waals surface area contributed by atoms with Crippen molar-refractivity contribution in [1.82, 2.24) is 10.1 Å². The molecule has 0 aliphatic rings. The molecule has 0 unspecified atom stereocenters. The molecular formula is C19H25F3N4O2. The van der Waals surface area contributed by atoms with Gasteiger partial charge in [-0.05, 0) is 37.1 Å². The summed E-state index contributed by atoms with van der Waals surface area (Å²) >= 11 is 0. The van der Waals surface area contributed by atoms with Crippen molar-refractivity contribution in [2.75, 3.05) is 24.3 Å². The van der Waals surface area contributed by atoms with E-state index in [0.717, 1.165) is 11.4 Å². The van der Waals surface area contributed by atoms with Gasteiger partial charge in [0, 0.05) is 37.3 Å². The normalized spacial score (nSPS) is 12.1. The number of halogens is 3. The number of nitrogens with zero attached hydrogens (tertiary/aromatic N) is 3. The highest BCUT2D eigenvalue weighted by Crippen LogP contribution is 2.28. The van der Waals surface area contributed by atoms with Gasteiger partial charge in [-0.2, -0.15) is 18.2 Å². The van der Waals surface area contributed by atoms with Crippen LogP contribution in [0.25, 0.3) is 0 Å². The highest BCUT2D eigenvalue weighted by molar-refractivity contribution is 5.94. The third-order valence-corrected chi connectivity index (χ3v) is 4.42. The van der Waals surface area contributed by atoms with E-state index in [1.165, 1.54) is 0 Å². The van der Waals surface area contributed by atoms with E-state index in [4.69, 9.17) is 0 Å². The second-order valence-electron chi connectivity index (χ2n) is 7.50. The Hall–Kier alpha value is -2.58. The van der Waals surface area contributed by atoms with Crippen molar-refractivity contribution in [3.05, 3.63) is 36.0 Å². The summed E-state index contributed by atoms with van der Waals surface area (Å²) < 4.78 is 41.5. The summed E-state index contributed by atoms with van der Waals surface area (Å²) in [6, 6.07) is 7.53. The Morgan fingerprint density at radius 3 is 2.32 bits per heavy atom. The van der Waals surface area contributed by atoms with Gasteiger partial charge in [0.15, 0.2) is 5.82 Å². The van der Waals surface area contributed by atoms with Crippen LogP contribution < -0.4 is 10.2 Å². The highest BCUT2D eigenvalue weighted by Gasteiger charge is 2.38. The fourth-order valence-electron chi connectivity index (χ4n) is 2.58. The Kier molecular flexibility index (Phi) is 6.69. The molecule has 0 aliphatic carbocycles. The van der Waals surface area contributed by atoms with E-state index in [1.807, 2.05) is 57.1 Å². The quantitative estimate of drug-likeness (QED) is 0.662. The van der Waals surface area contributed by atoms with E-state index in [1.54, 1.807) is 0 Å². The summed E-state index contributed by atoms with van der Waals surface area (Å²) in [6.07, 6.45) is -2.57. The molecule has 0 bridgehead atoms. The lowest BCUT2D eigenvalue weighted by molar-refractivity contribution is -0.159. The predicted octanol–water partition coefficient (Wildman–Crippen LogP) is 4.53. The van der Waals surface area contributed by atoms with Gasteiger partial charge in [-0.1, -0.05) is 25.4 Å². The van der Waals surface area contributed by atoms with E-state index in [-0.39, 0.29) is 18.2 Å². The van der Waals surface area contributed by atoms with Crippen molar-refractivity contribution in [1.29, 1.82) is 0 Å². The number of rotatable bonds is 8. The fraction of sp³-hybridized carbons (Fsp3) is 0.526. The van der Waals surface area contributed by atoms with Gasteiger partial charge in [-0.25, -0.2) is 0 Å². The topological polar surface area (TPSA) is 71.3 Å². The summed E-state index contributed by atoms with van der Waals surface area (Å²) in [5, 5.41) is 6.24. The number of hydrogen-bond donors (Lipinski definition) is 1. The molecule has 0 saturated heterocycles. The lowest BCUT2D eigenvalue weighted by Crippen LogP contribution is -2.30. The Labute approximate surface area is 162 Å². The third kappa shape index (κ3) is 5.97. The van der Waals surface area contributed by atoms with Crippen LogP contribution in [0.5, 0.6) is 0 Å². The Morgan fingerprint density at radius 1 is 1.14 bits per heavy atom. The van der Waals surface area contributed by atoms with Gasteiger partial charge in [0.25, 0.3) is 0 Å². The van der Waals surface area contributed by atoms with Crippen molar-refractivity contribution >= 4 is 17.3 Å². The number of alkyl halides is 3. The van der Waals surface area contributed by atoms with Gasteiger partial charge in [0.1, 0.15) is 0 Å². The second kappa shape index (κ2) is 8.62. The summed E-state index contributed by atoms with van der Waals surface area (Å²) in [7, 11) is 3.88. The molecule has 2 rings (SSSR count). The molecule has 1 aromatic carbocycles. The summed E-state index contributed by atoms with van der Waals surface area (Å²) in [6.45, 7) is 3.68. The average molecular weight is 398 g/mol. The fourth-order valence-corrected chi connectivity index (χ4v) is 2.58. The van der Waals surface area contributed by atoms with Crippen molar-refractivity contribution in [2.45, 2.75) is 45.7 Å². The van der Waals surface area contributed by atoms with Crippen LogP contribution in [0.4, 0.5) is 24.5 Å². The van der Waals surface area contributed by atoms with Gasteiger partial charge in [0.05, 0.1) is 0 Å². The van der Waals surface area contributed by atoms with E-state index in [0.29, 0.717) is 19.3 Å². The first-order valence-electron chi connectivity index (χ1n) is 8.98. The SMILES string of the molecule is CN(C)c1ccc(NC(=O)C(C)(C)CCCCc2noc(C(F)(F)F)n2)cc1. The predicted molar refractivity (Wildman–Crippen MR) is 100 cm³/mol. The maximum absolute atomic E-state index is 12.5. The van der Waals surface area contributed by atoms with Crippen LogP contribution in [0, 0.1) is 5.41 Å². The lowest BCUT2D eigenvalue weighted by atomic mass is 9.86. The molecule has 0 atom stereocenters. The van der Waals surface area contributed by atoms with Crippen molar-refractivity contribution in [3.63, 3.8) is 0 Å². The molecule has 1 aromatic heterocycles. The largest absolute Gasteiger partial charge is 0.471 e. The Bertz CT molecular complexity index is 783. The molecule has 0 radical (unpaired) electrons. The molecule has 28 heavy (non-hydrogen) atoms. The lowest BCUT2D eigenvalue weighted by Gasteiger charge is -2.23. The zero-order valence-corrected chi connectivity index (χ0v) is 16.4. The van der Waals surface area contributed by atoms with Gasteiger partial charge >= 0.3 is 12.1 Å². The number of nitrogens with one attached hydrogen (secondary N) is 1. The number of hydrogen-bond acceptors (Lipinski definition) is 5. The molecule has 6 nitrogen and oxygen atoms in total. The summed E-state index contributed by atoms with van der Waals surface area (Å²) in [5.74, 6) is -1.41. The minimum Gasteiger partial charge on any atom is -0.378 e. The Morgan fingerprint density at radius 2 is 1.79 bits per heavy atom. The van der Waals surface area contributed by atoms with Crippen LogP contribution in [0.1, 0.15) is 44.8 Å². The zero-order valence-electron chi connectivity index (χ0n) is 16.4. The standard InChI is InChI=1S/C19H25F3N4O2/c1-18(2,16(27)23-13-8-10-14(11-9-13)26(3)4)12-6-5-7-15-24-17(28-25-15)19(20,21)22/h8-11H,5-7,12H2,1-4H3,(H,23,27). The molecule has 0 aliphatic heterocycles. The second-order valence-corrected chi connectivity index (χ2v) is 7.50. The number of benzene rings is 1. The molecule has 1 N–H and O–H groups in total. The number of amides is 1. The van der Waals surface area contributed by atoms with Crippen LogP contribution in [-0.4, -0.2) is 30.1 Å². The third-order valence-electron chi connectivity index (χ3n) is 4.42. The highest BCUT2D eigenvalue weighted by atomic mass is 19.4. The molecule has 2 aromatic rings. The van der Waals surface area contributed by atoms with Crippen molar-refractivity contribution in [2.24, 2.45) is 5.41 Å². The number of anilines is 2. The molecule has 9 heteroatoms. The zero-order chi connectivity index (χ0) is 20.9. The van der Waals surface area contributed by atoms with Gasteiger partial charge < -0.3 is 14.7 Å². The minimum absolute atomic E-state index is 0.0237. The van der Waals surface area contributed by atoms with Crippen LogP contribution in [0.3, 0.4) is 0 Å². The van der Waals surface area contributed by atoms with Crippen LogP contribution in [0.2, 0.25) is 0 Å². The number of unbranched alkanes of at least 4 members (excludes halogenated alkanes) is 1. The van der Waals surface area contributed by atoms with Crippen LogP contribution >= 0.6 is 0 Å². The van der Waals surface area contributed by atoms with Crippen molar-refractivity contribution < 1.29 is 22.5 Å². The van der Waals surface area contributed by atoms with Crippen LogP contribution in [0.15, 0.2) is 28.8 Å². The monoisotopic (exact) mass is 398 g/mol. The van der Waals surface area contributed by atoms with E-state index < -0.39 is 17.5 Å². The minimum atomic E-state index is -4.63. The average Bonchev–Trinajstić information content (AvgIpc) is 3.08. The van der Waals surface area contributed by atoms with Gasteiger partial charge in [0.2, 0.25) is 5.91 Å². The van der Waals surface area contributed by atoms with Gasteiger partial charge in [-0.3, -0.25) is 4.79 Å². The number of carbonyl (C=O) groups excluding carboxylic acids is 1. The molecule has 0 fully saturated rings. The number of aromatic nitrogens is 2. The molecule has 1 heterocycles. The first-order chi connectivity index (χ1) is 13.0. The Balaban J connectivity index is 1.80. The van der Waals surface area contributed by atoms with Crippen molar-refractivity contribution in [3.8, 4) is 0 Å². The number of aryl methyl sites for hydroxylation is 1. The maximum atomic E-state index is 12.5.